The molecule has 1 aromatic rings. The highest BCUT2D eigenvalue weighted by Crippen LogP contribution is 2.38. The van der Waals surface area contributed by atoms with Gasteiger partial charge in [0.25, 0.3) is 0 Å². The van der Waals surface area contributed by atoms with Crippen molar-refractivity contribution in [1.29, 1.82) is 0 Å². The summed E-state index contributed by atoms with van der Waals surface area (Å²) >= 11 is 3.34. The Hall–Kier alpha value is -0.830. The van der Waals surface area contributed by atoms with Gasteiger partial charge in [0.2, 0.25) is 0 Å². The Morgan fingerprint density at radius 2 is 2.15 bits per heavy atom. The van der Waals surface area contributed by atoms with Crippen molar-refractivity contribution in [1.82, 2.24) is 0 Å². The molecular formula is C12H16BrNO5S. The minimum atomic E-state index is -3.26. The molecule has 8 heteroatoms. The van der Waals surface area contributed by atoms with Gasteiger partial charge in [0.05, 0.1) is 23.1 Å². The standard InChI is InChI=1S/C12H16BrNO5S/c1-18-10-3-7(4-14)2-8(13)12(10)19-11-6-20(16,17)5-9(11)15/h2-3,9,11,15H,4-6,14H2,1H3. The molecule has 20 heavy (non-hydrogen) atoms. The van der Waals surface area contributed by atoms with E-state index in [0.29, 0.717) is 22.5 Å². The highest BCUT2D eigenvalue weighted by atomic mass is 79.9. The van der Waals surface area contributed by atoms with Crippen molar-refractivity contribution >= 4 is 25.8 Å². The molecule has 2 atom stereocenters. The summed E-state index contributed by atoms with van der Waals surface area (Å²) < 4.78 is 34.4. The monoisotopic (exact) mass is 365 g/mol. The number of nitrogens with two attached hydrogens (primary N) is 1. The molecule has 1 aromatic carbocycles. The summed E-state index contributed by atoms with van der Waals surface area (Å²) in [5, 5.41) is 9.76. The minimum Gasteiger partial charge on any atom is -0.493 e. The second-order valence-corrected chi connectivity index (χ2v) is 7.62. The lowest BCUT2D eigenvalue weighted by Crippen LogP contribution is -2.30. The number of aliphatic hydroxyl groups is 1. The number of hydrogen-bond donors (Lipinski definition) is 2. The summed E-state index contributed by atoms with van der Waals surface area (Å²) in [6.07, 6.45) is -1.83. The largest absolute Gasteiger partial charge is 0.493 e. The van der Waals surface area contributed by atoms with Crippen molar-refractivity contribution in [2.24, 2.45) is 5.73 Å². The van der Waals surface area contributed by atoms with E-state index in [2.05, 4.69) is 15.9 Å². The van der Waals surface area contributed by atoms with Crippen molar-refractivity contribution in [3.63, 3.8) is 0 Å². The van der Waals surface area contributed by atoms with Gasteiger partial charge in [0.15, 0.2) is 21.3 Å². The fourth-order valence-corrected chi connectivity index (χ4v) is 4.31. The van der Waals surface area contributed by atoms with Crippen LogP contribution in [0.3, 0.4) is 0 Å². The van der Waals surface area contributed by atoms with E-state index in [1.54, 1.807) is 12.1 Å². The molecule has 0 amide bonds. The summed E-state index contributed by atoms with van der Waals surface area (Å²) in [5.74, 6) is 0.322. The van der Waals surface area contributed by atoms with E-state index in [1.807, 2.05) is 0 Å². The quantitative estimate of drug-likeness (QED) is 0.803. The fourth-order valence-electron chi connectivity index (χ4n) is 2.07. The lowest BCUT2D eigenvalue weighted by molar-refractivity contribution is 0.0713. The summed E-state index contributed by atoms with van der Waals surface area (Å²) in [6, 6.07) is 3.49. The molecule has 1 heterocycles. The van der Waals surface area contributed by atoms with Crippen LogP contribution in [-0.2, 0) is 16.4 Å². The van der Waals surface area contributed by atoms with Crippen LogP contribution in [0.5, 0.6) is 11.5 Å². The zero-order valence-corrected chi connectivity index (χ0v) is 13.3. The van der Waals surface area contributed by atoms with Crippen LogP contribution in [0.2, 0.25) is 0 Å². The normalized spacial score (nSPS) is 24.6. The van der Waals surface area contributed by atoms with Crippen molar-refractivity contribution in [2.75, 3.05) is 18.6 Å². The Bertz CT molecular complexity index is 604. The first-order valence-electron chi connectivity index (χ1n) is 5.98. The third-order valence-electron chi connectivity index (χ3n) is 3.07. The molecule has 0 bridgehead atoms. The first kappa shape index (κ1) is 15.6. The van der Waals surface area contributed by atoms with Crippen LogP contribution >= 0.6 is 15.9 Å². The molecular weight excluding hydrogens is 350 g/mol. The molecule has 2 unspecified atom stereocenters. The highest BCUT2D eigenvalue weighted by molar-refractivity contribution is 9.10. The predicted octanol–water partition coefficient (Wildman–Crippen LogP) is 0.453. The highest BCUT2D eigenvalue weighted by Gasteiger charge is 2.38. The second-order valence-electron chi connectivity index (χ2n) is 4.61. The van der Waals surface area contributed by atoms with Gasteiger partial charge < -0.3 is 20.3 Å². The van der Waals surface area contributed by atoms with Crippen molar-refractivity contribution in [3.05, 3.63) is 22.2 Å². The van der Waals surface area contributed by atoms with Crippen LogP contribution in [0.25, 0.3) is 0 Å². The lowest BCUT2D eigenvalue weighted by Gasteiger charge is -2.19. The summed E-state index contributed by atoms with van der Waals surface area (Å²) in [7, 11) is -1.78. The lowest BCUT2D eigenvalue weighted by atomic mass is 10.2. The molecule has 1 fully saturated rings. The Morgan fingerprint density at radius 3 is 2.65 bits per heavy atom. The van der Waals surface area contributed by atoms with Gasteiger partial charge >= 0.3 is 0 Å². The van der Waals surface area contributed by atoms with Crippen molar-refractivity contribution in [2.45, 2.75) is 18.8 Å². The van der Waals surface area contributed by atoms with E-state index in [9.17, 15) is 13.5 Å². The van der Waals surface area contributed by atoms with Gasteiger partial charge in [0, 0.05) is 6.54 Å². The van der Waals surface area contributed by atoms with Crippen LogP contribution in [0.4, 0.5) is 0 Å². The number of aliphatic hydroxyl groups excluding tert-OH is 1. The topological polar surface area (TPSA) is 98.9 Å². The average molecular weight is 366 g/mol. The third-order valence-corrected chi connectivity index (χ3v) is 5.34. The molecule has 112 valence electrons. The molecule has 0 aliphatic carbocycles. The Labute approximate surface area is 125 Å². The minimum absolute atomic E-state index is 0.206. The van der Waals surface area contributed by atoms with Gasteiger partial charge in [-0.05, 0) is 33.6 Å². The second kappa shape index (κ2) is 5.88. The maximum absolute atomic E-state index is 11.5. The molecule has 1 saturated heterocycles. The zero-order chi connectivity index (χ0) is 14.9. The Balaban J connectivity index is 2.30. The van der Waals surface area contributed by atoms with E-state index in [1.165, 1.54) is 7.11 Å². The van der Waals surface area contributed by atoms with Crippen LogP contribution in [-0.4, -0.2) is 44.3 Å². The molecule has 0 aromatic heterocycles. The van der Waals surface area contributed by atoms with Crippen LogP contribution in [0.15, 0.2) is 16.6 Å². The zero-order valence-electron chi connectivity index (χ0n) is 10.9. The van der Waals surface area contributed by atoms with Crippen LogP contribution in [0, 0.1) is 0 Å². The van der Waals surface area contributed by atoms with Crippen molar-refractivity contribution < 1.29 is 23.0 Å². The van der Waals surface area contributed by atoms with E-state index >= 15 is 0 Å². The van der Waals surface area contributed by atoms with Gasteiger partial charge in [0.1, 0.15) is 12.2 Å². The van der Waals surface area contributed by atoms with Crippen LogP contribution in [0.1, 0.15) is 5.56 Å². The van der Waals surface area contributed by atoms with Crippen LogP contribution < -0.4 is 15.2 Å². The molecule has 6 nitrogen and oxygen atoms in total. The van der Waals surface area contributed by atoms with Gasteiger partial charge in [-0.2, -0.15) is 0 Å². The molecule has 0 spiro atoms. The number of rotatable bonds is 4. The predicted molar refractivity (Wildman–Crippen MR) is 77.7 cm³/mol. The summed E-state index contributed by atoms with van der Waals surface area (Å²) in [4.78, 5) is 0. The summed E-state index contributed by atoms with van der Waals surface area (Å²) in [5.41, 5.74) is 6.42. The maximum Gasteiger partial charge on any atom is 0.175 e. The van der Waals surface area contributed by atoms with Gasteiger partial charge in [-0.25, -0.2) is 8.42 Å². The SMILES string of the molecule is COc1cc(CN)cc(Br)c1OC1CS(=O)(=O)CC1O. The van der Waals surface area contributed by atoms with Gasteiger partial charge in [-0.15, -0.1) is 0 Å². The fraction of sp³-hybridized carbons (Fsp3) is 0.500. The number of hydrogen-bond acceptors (Lipinski definition) is 6. The smallest absolute Gasteiger partial charge is 0.175 e. The number of halogens is 1. The van der Waals surface area contributed by atoms with Gasteiger partial charge in [-0.3, -0.25) is 0 Å². The molecule has 2 rings (SSSR count). The Morgan fingerprint density at radius 1 is 1.45 bits per heavy atom. The maximum atomic E-state index is 11.5. The molecule has 0 saturated carbocycles. The first-order chi connectivity index (χ1) is 9.36. The summed E-state index contributed by atoms with van der Waals surface area (Å²) in [6.45, 7) is 0.343. The Kier molecular flexibility index (Phi) is 4.58. The van der Waals surface area contributed by atoms with Gasteiger partial charge in [-0.1, -0.05) is 0 Å². The first-order valence-corrected chi connectivity index (χ1v) is 8.59. The molecule has 1 aliphatic rings. The molecule has 1 aliphatic heterocycles. The molecule has 0 radical (unpaired) electrons. The number of sulfone groups is 1. The third kappa shape index (κ3) is 3.25. The van der Waals surface area contributed by atoms with E-state index in [-0.39, 0.29) is 11.5 Å². The number of benzene rings is 1. The van der Waals surface area contributed by atoms with Crippen molar-refractivity contribution in [3.8, 4) is 11.5 Å². The molecule has 3 N–H and O–H groups in total. The average Bonchev–Trinajstić information content (AvgIpc) is 2.64. The van der Waals surface area contributed by atoms with E-state index in [0.717, 1.165) is 5.56 Å². The number of ether oxygens (including phenoxy) is 2. The van der Waals surface area contributed by atoms with E-state index < -0.39 is 22.0 Å². The number of methoxy groups -OCH3 is 1. The van der Waals surface area contributed by atoms with E-state index in [4.69, 9.17) is 15.2 Å².